The van der Waals surface area contributed by atoms with Gasteiger partial charge in [-0.05, 0) is 24.3 Å². The van der Waals surface area contributed by atoms with Crippen LogP contribution in [-0.2, 0) is 4.79 Å². The molecule has 0 spiro atoms. The number of nitrogens with one attached hydrogen (secondary N) is 1. The van der Waals surface area contributed by atoms with E-state index in [9.17, 15) is 9.59 Å². The largest absolute Gasteiger partial charge is 0.353 e. The molecule has 1 aromatic carbocycles. The van der Waals surface area contributed by atoms with E-state index < -0.39 is 0 Å². The van der Waals surface area contributed by atoms with Crippen LogP contribution >= 0.6 is 0 Å². The summed E-state index contributed by atoms with van der Waals surface area (Å²) in [6, 6.07) is 12.8. The molecule has 0 unspecified atom stereocenters. The number of hydrogen-bond donors (Lipinski definition) is 1. The Morgan fingerprint density at radius 1 is 1.00 bits per heavy atom. The van der Waals surface area contributed by atoms with Crippen molar-refractivity contribution in [1.29, 1.82) is 0 Å². The third-order valence-electron chi connectivity index (χ3n) is 4.09. The highest BCUT2D eigenvalue weighted by Crippen LogP contribution is 2.17. The summed E-state index contributed by atoms with van der Waals surface area (Å²) in [5, 5.41) is 2.84. The number of carbonyl (C=O) groups is 2. The van der Waals surface area contributed by atoms with Gasteiger partial charge < -0.3 is 15.1 Å². The van der Waals surface area contributed by atoms with Crippen LogP contribution in [0.15, 0.2) is 48.7 Å². The number of rotatable bonds is 3. The van der Waals surface area contributed by atoms with Crippen LogP contribution in [0.5, 0.6) is 0 Å². The Bertz CT molecular complexity index is 708. The van der Waals surface area contributed by atoms with Gasteiger partial charge in [0.25, 0.3) is 5.91 Å². The first-order valence-electron chi connectivity index (χ1n) is 7.96. The maximum absolute atomic E-state index is 12.1. The minimum atomic E-state index is -0.153. The lowest BCUT2D eigenvalue weighted by atomic mass is 10.2. The van der Waals surface area contributed by atoms with Crippen molar-refractivity contribution in [1.82, 2.24) is 9.88 Å². The van der Waals surface area contributed by atoms with Gasteiger partial charge in [-0.2, -0.15) is 0 Å². The molecule has 0 saturated carbocycles. The van der Waals surface area contributed by atoms with Crippen LogP contribution < -0.4 is 10.2 Å². The van der Waals surface area contributed by atoms with Crippen molar-refractivity contribution in [3.63, 3.8) is 0 Å². The number of amides is 2. The molecule has 0 aliphatic carbocycles. The first kappa shape index (κ1) is 16.0. The molecule has 1 aliphatic heterocycles. The number of pyridine rings is 1. The van der Waals surface area contributed by atoms with Gasteiger partial charge >= 0.3 is 0 Å². The molecule has 1 N–H and O–H groups in total. The minimum absolute atomic E-state index is 0.113. The maximum Gasteiger partial charge on any atom is 0.255 e. The summed E-state index contributed by atoms with van der Waals surface area (Å²) in [5.74, 6) is 0.817. The molecule has 2 aromatic rings. The van der Waals surface area contributed by atoms with Crippen LogP contribution in [-0.4, -0.2) is 47.9 Å². The van der Waals surface area contributed by atoms with E-state index in [0.29, 0.717) is 24.3 Å². The van der Waals surface area contributed by atoms with E-state index >= 15 is 0 Å². The SMILES string of the molecule is CC(=O)N1CCN(c2ccc(NC(=O)c3ccccc3)cn2)CC1. The van der Waals surface area contributed by atoms with Crippen molar-refractivity contribution in [3.8, 4) is 0 Å². The van der Waals surface area contributed by atoms with E-state index in [1.54, 1.807) is 25.3 Å². The average Bonchev–Trinajstić information content (AvgIpc) is 2.63. The molecular formula is C18H20N4O2. The highest BCUT2D eigenvalue weighted by molar-refractivity contribution is 6.04. The van der Waals surface area contributed by atoms with E-state index in [2.05, 4.69) is 15.2 Å². The molecular weight excluding hydrogens is 304 g/mol. The van der Waals surface area contributed by atoms with E-state index in [4.69, 9.17) is 0 Å². The minimum Gasteiger partial charge on any atom is -0.353 e. The molecule has 1 fully saturated rings. The van der Waals surface area contributed by atoms with Gasteiger partial charge in [0.1, 0.15) is 5.82 Å². The standard InChI is InChI=1S/C18H20N4O2/c1-14(23)21-9-11-22(12-10-21)17-8-7-16(13-19-17)20-18(24)15-5-3-2-4-6-15/h2-8,13H,9-12H2,1H3,(H,20,24). The number of piperazine rings is 1. The summed E-state index contributed by atoms with van der Waals surface area (Å²) in [7, 11) is 0. The van der Waals surface area contributed by atoms with Gasteiger partial charge in [0.2, 0.25) is 5.91 Å². The van der Waals surface area contributed by atoms with Crippen LogP contribution in [0.2, 0.25) is 0 Å². The third-order valence-corrected chi connectivity index (χ3v) is 4.09. The predicted octanol–water partition coefficient (Wildman–Crippen LogP) is 2.00. The van der Waals surface area contributed by atoms with Gasteiger partial charge in [-0.25, -0.2) is 4.98 Å². The van der Waals surface area contributed by atoms with E-state index in [-0.39, 0.29) is 11.8 Å². The van der Waals surface area contributed by atoms with Crippen molar-refractivity contribution in [3.05, 3.63) is 54.2 Å². The molecule has 2 heterocycles. The fourth-order valence-electron chi connectivity index (χ4n) is 2.69. The second kappa shape index (κ2) is 7.12. The van der Waals surface area contributed by atoms with E-state index in [1.807, 2.05) is 35.2 Å². The van der Waals surface area contributed by atoms with E-state index in [0.717, 1.165) is 18.9 Å². The van der Waals surface area contributed by atoms with Crippen molar-refractivity contribution < 1.29 is 9.59 Å². The summed E-state index contributed by atoms with van der Waals surface area (Å²) >= 11 is 0. The summed E-state index contributed by atoms with van der Waals surface area (Å²) in [6.07, 6.45) is 1.66. The molecule has 3 rings (SSSR count). The molecule has 1 aliphatic rings. The lowest BCUT2D eigenvalue weighted by Gasteiger charge is -2.34. The van der Waals surface area contributed by atoms with Gasteiger partial charge in [0.05, 0.1) is 11.9 Å². The molecule has 0 radical (unpaired) electrons. The van der Waals surface area contributed by atoms with E-state index in [1.165, 1.54) is 0 Å². The molecule has 6 nitrogen and oxygen atoms in total. The molecule has 6 heteroatoms. The molecule has 1 saturated heterocycles. The van der Waals surface area contributed by atoms with Crippen molar-refractivity contribution in [2.75, 3.05) is 36.4 Å². The first-order chi connectivity index (χ1) is 11.6. The predicted molar refractivity (Wildman–Crippen MR) is 93.1 cm³/mol. The average molecular weight is 324 g/mol. The van der Waals surface area contributed by atoms with Gasteiger partial charge in [-0.3, -0.25) is 9.59 Å². The van der Waals surface area contributed by atoms with Crippen LogP contribution in [0, 0.1) is 0 Å². The molecule has 0 bridgehead atoms. The second-order valence-electron chi connectivity index (χ2n) is 5.72. The maximum atomic E-state index is 12.1. The fraction of sp³-hybridized carbons (Fsp3) is 0.278. The molecule has 124 valence electrons. The summed E-state index contributed by atoms with van der Waals surface area (Å²) < 4.78 is 0. The quantitative estimate of drug-likeness (QED) is 0.938. The van der Waals surface area contributed by atoms with Crippen LogP contribution in [0.4, 0.5) is 11.5 Å². The summed E-state index contributed by atoms with van der Waals surface area (Å²) in [5.41, 5.74) is 1.27. The Balaban J connectivity index is 1.60. The van der Waals surface area contributed by atoms with Crippen LogP contribution in [0.1, 0.15) is 17.3 Å². The molecule has 24 heavy (non-hydrogen) atoms. The summed E-state index contributed by atoms with van der Waals surface area (Å²) in [4.78, 5) is 31.9. The fourth-order valence-corrected chi connectivity index (χ4v) is 2.69. The zero-order valence-corrected chi connectivity index (χ0v) is 13.6. The Kier molecular flexibility index (Phi) is 4.74. The summed E-state index contributed by atoms with van der Waals surface area (Å²) in [6.45, 7) is 4.55. The lowest BCUT2D eigenvalue weighted by molar-refractivity contribution is -0.129. The molecule has 0 atom stereocenters. The first-order valence-corrected chi connectivity index (χ1v) is 7.96. The number of benzene rings is 1. The van der Waals surface area contributed by atoms with Gasteiger partial charge in [0.15, 0.2) is 0 Å². The third kappa shape index (κ3) is 3.71. The van der Waals surface area contributed by atoms with Crippen molar-refractivity contribution in [2.24, 2.45) is 0 Å². The van der Waals surface area contributed by atoms with Crippen molar-refractivity contribution in [2.45, 2.75) is 6.92 Å². The Hall–Kier alpha value is -2.89. The Morgan fingerprint density at radius 2 is 1.71 bits per heavy atom. The van der Waals surface area contributed by atoms with Crippen LogP contribution in [0.25, 0.3) is 0 Å². The highest BCUT2D eigenvalue weighted by Gasteiger charge is 2.19. The van der Waals surface area contributed by atoms with Gasteiger partial charge in [-0.1, -0.05) is 18.2 Å². The molecule has 2 amide bonds. The monoisotopic (exact) mass is 324 g/mol. The number of hydrogen-bond acceptors (Lipinski definition) is 4. The second-order valence-corrected chi connectivity index (χ2v) is 5.72. The number of anilines is 2. The smallest absolute Gasteiger partial charge is 0.255 e. The Labute approximate surface area is 141 Å². The zero-order valence-electron chi connectivity index (χ0n) is 13.6. The van der Waals surface area contributed by atoms with Crippen LogP contribution in [0.3, 0.4) is 0 Å². The molecule has 1 aromatic heterocycles. The van der Waals surface area contributed by atoms with Crippen molar-refractivity contribution >= 4 is 23.3 Å². The lowest BCUT2D eigenvalue weighted by Crippen LogP contribution is -2.48. The van der Waals surface area contributed by atoms with Gasteiger partial charge in [-0.15, -0.1) is 0 Å². The number of aromatic nitrogens is 1. The topological polar surface area (TPSA) is 65.5 Å². The highest BCUT2D eigenvalue weighted by atomic mass is 16.2. The zero-order chi connectivity index (χ0) is 16.9. The normalized spacial score (nSPS) is 14.4. The number of nitrogens with zero attached hydrogens (tertiary/aromatic N) is 3. The Morgan fingerprint density at radius 3 is 2.29 bits per heavy atom. The van der Waals surface area contributed by atoms with Gasteiger partial charge in [0, 0.05) is 38.7 Å². The number of carbonyl (C=O) groups excluding carboxylic acids is 2.